The number of fused-ring (bicyclic) bond motifs is 1. The molecule has 2 aromatic heterocycles. The minimum atomic E-state index is -0.101. The van der Waals surface area contributed by atoms with Crippen LogP contribution in [0.5, 0.6) is 5.75 Å². The fourth-order valence-electron chi connectivity index (χ4n) is 4.05. The van der Waals surface area contributed by atoms with E-state index in [9.17, 15) is 4.79 Å². The molecule has 2 N–H and O–H groups in total. The van der Waals surface area contributed by atoms with Gasteiger partial charge in [-0.3, -0.25) is 9.36 Å². The van der Waals surface area contributed by atoms with Crippen LogP contribution in [0.15, 0.2) is 78.1 Å². The van der Waals surface area contributed by atoms with Crippen molar-refractivity contribution in [3.63, 3.8) is 0 Å². The number of aromatic amines is 1. The highest BCUT2D eigenvalue weighted by Gasteiger charge is 2.20. The topological polar surface area (TPSA) is 84.8 Å². The molecule has 0 fully saturated rings. The van der Waals surface area contributed by atoms with Crippen LogP contribution in [0.4, 0.5) is 5.69 Å². The number of benzene rings is 3. The molecule has 1 amide bonds. The van der Waals surface area contributed by atoms with E-state index in [-0.39, 0.29) is 11.7 Å². The quantitative estimate of drug-likeness (QED) is 0.287. The minimum Gasteiger partial charge on any atom is -0.497 e. The second kappa shape index (κ2) is 9.68. The van der Waals surface area contributed by atoms with E-state index in [0.717, 1.165) is 44.7 Å². The highest BCUT2D eigenvalue weighted by Crippen LogP contribution is 2.33. The molecule has 0 atom stereocenters. The van der Waals surface area contributed by atoms with E-state index in [4.69, 9.17) is 4.74 Å². The summed E-state index contributed by atoms with van der Waals surface area (Å²) in [6.07, 6.45) is 1.94. The van der Waals surface area contributed by atoms with Gasteiger partial charge in [0.2, 0.25) is 5.91 Å². The molecule has 3 aromatic carbocycles. The first kappa shape index (κ1) is 22.7. The van der Waals surface area contributed by atoms with E-state index >= 15 is 0 Å². The van der Waals surface area contributed by atoms with Gasteiger partial charge in [0.25, 0.3) is 0 Å². The highest BCUT2D eigenvalue weighted by molar-refractivity contribution is 7.99. The molecule has 0 radical (unpaired) electrons. The van der Waals surface area contributed by atoms with Gasteiger partial charge in [-0.1, -0.05) is 53.7 Å². The number of nitrogens with one attached hydrogen (secondary N) is 2. The molecule has 176 valence electrons. The van der Waals surface area contributed by atoms with Crippen molar-refractivity contribution in [2.45, 2.75) is 19.0 Å². The van der Waals surface area contributed by atoms with Crippen molar-refractivity contribution in [3.05, 3.63) is 84.1 Å². The monoisotopic (exact) mass is 483 g/mol. The Morgan fingerprint density at radius 1 is 1.06 bits per heavy atom. The Bertz CT molecular complexity index is 1520. The predicted octanol–water partition coefficient (Wildman–Crippen LogP) is 5.77. The Morgan fingerprint density at radius 2 is 1.91 bits per heavy atom. The zero-order valence-corrected chi connectivity index (χ0v) is 20.5. The lowest BCUT2D eigenvalue weighted by atomic mass is 10.1. The number of rotatable bonds is 7. The van der Waals surface area contributed by atoms with Crippen molar-refractivity contribution in [2.75, 3.05) is 18.2 Å². The normalized spacial score (nSPS) is 11.1. The third-order valence-electron chi connectivity index (χ3n) is 5.76. The number of carbonyl (C=O) groups excluding carboxylic acids is 1. The molecule has 5 aromatic rings. The van der Waals surface area contributed by atoms with E-state index in [2.05, 4.69) is 32.6 Å². The van der Waals surface area contributed by atoms with Crippen molar-refractivity contribution in [1.82, 2.24) is 19.7 Å². The van der Waals surface area contributed by atoms with Gasteiger partial charge in [-0.25, -0.2) is 0 Å². The van der Waals surface area contributed by atoms with Crippen molar-refractivity contribution >= 4 is 34.3 Å². The number of carbonyl (C=O) groups is 1. The maximum absolute atomic E-state index is 12.8. The number of thioether (sulfide) groups is 1. The average Bonchev–Trinajstić information content (AvgIpc) is 3.48. The van der Waals surface area contributed by atoms with Gasteiger partial charge in [-0.2, -0.15) is 0 Å². The Balaban J connectivity index is 1.48. The molecular weight excluding hydrogens is 458 g/mol. The van der Waals surface area contributed by atoms with E-state index < -0.39 is 0 Å². The van der Waals surface area contributed by atoms with E-state index in [1.165, 1.54) is 11.8 Å². The number of hydrogen-bond donors (Lipinski definition) is 2. The van der Waals surface area contributed by atoms with Crippen LogP contribution in [0.25, 0.3) is 28.0 Å². The molecule has 35 heavy (non-hydrogen) atoms. The zero-order chi connectivity index (χ0) is 24.4. The Labute approximate surface area is 207 Å². The summed E-state index contributed by atoms with van der Waals surface area (Å²) < 4.78 is 7.41. The first-order valence-electron chi connectivity index (χ1n) is 11.2. The van der Waals surface area contributed by atoms with Crippen molar-refractivity contribution in [1.29, 1.82) is 0 Å². The highest BCUT2D eigenvalue weighted by atomic mass is 32.2. The second-order valence-electron chi connectivity index (χ2n) is 8.25. The molecule has 0 unspecified atom stereocenters. The van der Waals surface area contributed by atoms with E-state index in [1.807, 2.05) is 79.2 Å². The van der Waals surface area contributed by atoms with Crippen molar-refractivity contribution < 1.29 is 9.53 Å². The van der Waals surface area contributed by atoms with Crippen LogP contribution in [0.3, 0.4) is 0 Å². The fraction of sp³-hybridized carbons (Fsp3) is 0.148. The van der Waals surface area contributed by atoms with Gasteiger partial charge in [-0.15, -0.1) is 10.2 Å². The van der Waals surface area contributed by atoms with Gasteiger partial charge in [0.15, 0.2) is 11.0 Å². The summed E-state index contributed by atoms with van der Waals surface area (Å²) in [4.78, 5) is 16.1. The average molecular weight is 484 g/mol. The summed E-state index contributed by atoms with van der Waals surface area (Å²) in [5.41, 5.74) is 5.81. The first-order valence-corrected chi connectivity index (χ1v) is 12.2. The first-order chi connectivity index (χ1) is 17.0. The standard InChI is InChI=1S/C27H25N5O2S/c1-17-11-12-23(18(2)13-17)29-25(33)16-35-27-31-30-26(22-15-28-24-10-5-4-9-21(22)24)32(27)19-7-6-8-20(14-19)34-3/h4-15,28H,16H2,1-3H3,(H,29,33). The van der Waals surface area contributed by atoms with Crippen LogP contribution >= 0.6 is 11.8 Å². The second-order valence-corrected chi connectivity index (χ2v) is 9.19. The summed E-state index contributed by atoms with van der Waals surface area (Å²) in [7, 11) is 1.64. The van der Waals surface area contributed by atoms with E-state index in [1.54, 1.807) is 7.11 Å². The van der Waals surface area contributed by atoms with Gasteiger partial charge in [0.05, 0.1) is 18.6 Å². The lowest BCUT2D eigenvalue weighted by Gasteiger charge is -2.12. The summed E-state index contributed by atoms with van der Waals surface area (Å²) in [5.74, 6) is 1.51. The molecule has 0 aliphatic rings. The van der Waals surface area contributed by atoms with Crippen LogP contribution in [0, 0.1) is 13.8 Å². The van der Waals surface area contributed by atoms with Gasteiger partial charge in [0.1, 0.15) is 5.75 Å². The van der Waals surface area contributed by atoms with Crippen LogP contribution in [0.1, 0.15) is 11.1 Å². The predicted molar refractivity (Wildman–Crippen MR) is 140 cm³/mol. The number of ether oxygens (including phenoxy) is 1. The zero-order valence-electron chi connectivity index (χ0n) is 19.7. The number of H-pyrrole nitrogens is 1. The van der Waals surface area contributed by atoms with Gasteiger partial charge < -0.3 is 15.0 Å². The minimum absolute atomic E-state index is 0.101. The molecule has 8 heteroatoms. The smallest absolute Gasteiger partial charge is 0.234 e. The third kappa shape index (κ3) is 4.65. The molecule has 0 aliphatic heterocycles. The Morgan fingerprint density at radius 3 is 2.74 bits per heavy atom. The molecule has 0 aliphatic carbocycles. The number of anilines is 1. The summed E-state index contributed by atoms with van der Waals surface area (Å²) in [6, 6.07) is 21.8. The van der Waals surface area contributed by atoms with Gasteiger partial charge in [-0.05, 0) is 43.7 Å². The lowest BCUT2D eigenvalue weighted by Crippen LogP contribution is -2.15. The Kier molecular flexibility index (Phi) is 6.29. The third-order valence-corrected chi connectivity index (χ3v) is 6.69. The largest absolute Gasteiger partial charge is 0.497 e. The SMILES string of the molecule is COc1cccc(-n2c(SCC(=O)Nc3ccc(C)cc3C)nnc2-c2c[nH]c3ccccc23)c1. The van der Waals surface area contributed by atoms with E-state index in [0.29, 0.717) is 11.0 Å². The summed E-state index contributed by atoms with van der Waals surface area (Å²) in [6.45, 7) is 4.02. The number of hydrogen-bond acceptors (Lipinski definition) is 5. The molecule has 0 bridgehead atoms. The molecular formula is C27H25N5O2S. The number of methoxy groups -OCH3 is 1. The van der Waals surface area contributed by atoms with Gasteiger partial charge in [0, 0.05) is 34.4 Å². The van der Waals surface area contributed by atoms with Crippen LogP contribution in [-0.4, -0.2) is 38.5 Å². The fourth-order valence-corrected chi connectivity index (χ4v) is 4.80. The van der Waals surface area contributed by atoms with Crippen molar-refractivity contribution in [2.24, 2.45) is 0 Å². The molecule has 0 saturated carbocycles. The summed E-state index contributed by atoms with van der Waals surface area (Å²) >= 11 is 1.34. The molecule has 5 rings (SSSR count). The molecule has 2 heterocycles. The maximum atomic E-state index is 12.8. The number of aryl methyl sites for hydroxylation is 2. The van der Waals surface area contributed by atoms with Gasteiger partial charge >= 0.3 is 0 Å². The Hall–Kier alpha value is -4.04. The number of aromatic nitrogens is 4. The molecule has 0 saturated heterocycles. The van der Waals surface area contributed by atoms with Crippen LogP contribution in [0.2, 0.25) is 0 Å². The number of amides is 1. The number of para-hydroxylation sites is 1. The van der Waals surface area contributed by atoms with Crippen LogP contribution < -0.4 is 10.1 Å². The molecule has 0 spiro atoms. The van der Waals surface area contributed by atoms with Crippen molar-refractivity contribution in [3.8, 4) is 22.8 Å². The number of nitrogens with zero attached hydrogens (tertiary/aromatic N) is 3. The lowest BCUT2D eigenvalue weighted by molar-refractivity contribution is -0.113. The van der Waals surface area contributed by atoms with Crippen LogP contribution in [-0.2, 0) is 4.79 Å². The summed E-state index contributed by atoms with van der Waals surface area (Å²) in [5, 5.41) is 13.7. The molecule has 7 nitrogen and oxygen atoms in total. The maximum Gasteiger partial charge on any atom is 0.234 e.